The molecule has 4 atom stereocenters. The number of likely N-dealkylation sites (N-methyl/N-ethyl adjacent to an activating group) is 2. The average Bonchev–Trinajstić information content (AvgIpc) is 4.01. The van der Waals surface area contributed by atoms with E-state index in [4.69, 9.17) is 18.9 Å². The van der Waals surface area contributed by atoms with Gasteiger partial charge in [0.15, 0.2) is 0 Å². The van der Waals surface area contributed by atoms with Crippen molar-refractivity contribution in [3.05, 3.63) is 83.7 Å². The standard InChI is InChI=1S/2C22H26FN3O3.2ClH/c2*1-4-29-15-5-6-17(23)16(13-15)14-11-19(24-20(12-14)28-3)18-7-8-22(25-18)9-10-26(2)21(22)27;;/h2*5-6,11-13,18,25H,4,7-10H2,1-3H3;2*1H/t18-,22+;18-,22-;;/m01../s1. The van der Waals surface area contributed by atoms with Crippen molar-refractivity contribution < 1.29 is 37.3 Å². The summed E-state index contributed by atoms with van der Waals surface area (Å²) in [5, 5.41) is 7.02. The molecule has 12 nitrogen and oxygen atoms in total. The molecule has 4 saturated heterocycles. The number of nitrogens with zero attached hydrogens (tertiary/aromatic N) is 4. The Labute approximate surface area is 362 Å². The van der Waals surface area contributed by atoms with Gasteiger partial charge in [-0.15, -0.1) is 24.8 Å². The molecule has 0 saturated carbocycles. The maximum Gasteiger partial charge on any atom is 0.242 e. The minimum atomic E-state index is -0.509. The van der Waals surface area contributed by atoms with Gasteiger partial charge in [0.2, 0.25) is 23.6 Å². The molecular formula is C44H54Cl2F2N6O6. The molecule has 4 aromatic rings. The first-order valence-electron chi connectivity index (χ1n) is 20.0. The highest BCUT2D eigenvalue weighted by atomic mass is 35.5. The maximum atomic E-state index is 14.6. The van der Waals surface area contributed by atoms with Crippen LogP contribution in [0.15, 0.2) is 60.7 Å². The van der Waals surface area contributed by atoms with Crippen molar-refractivity contribution in [3.8, 4) is 45.5 Å². The van der Waals surface area contributed by atoms with E-state index in [2.05, 4.69) is 20.6 Å². The van der Waals surface area contributed by atoms with E-state index >= 15 is 0 Å². The highest BCUT2D eigenvalue weighted by molar-refractivity contribution is 5.89. The van der Waals surface area contributed by atoms with Crippen molar-refractivity contribution in [2.24, 2.45) is 0 Å². The van der Waals surface area contributed by atoms with Crippen LogP contribution in [-0.4, -0.2) is 97.3 Å². The third-order valence-electron chi connectivity index (χ3n) is 11.8. The molecule has 0 radical (unpaired) electrons. The summed E-state index contributed by atoms with van der Waals surface area (Å²) < 4.78 is 51.0. The first-order valence-corrected chi connectivity index (χ1v) is 20.0. The van der Waals surface area contributed by atoms with E-state index in [1.54, 1.807) is 60.4 Å². The SMILES string of the molecule is CCOc1ccc(F)c(-c2cc(OC)nc([C@@H]3CC[C@]4(CCN(C)C4=O)N3)c2)c1.CCOc1ccc(F)c(-c2cc(OC)nc([C@H]3CC[C@]4(CCN(C)C4=O)N3)c2)c1.Cl.Cl. The van der Waals surface area contributed by atoms with Crippen LogP contribution in [0.1, 0.15) is 75.8 Å². The van der Waals surface area contributed by atoms with Gasteiger partial charge in [-0.25, -0.2) is 18.7 Å². The van der Waals surface area contributed by atoms with Crippen molar-refractivity contribution >= 4 is 36.6 Å². The van der Waals surface area contributed by atoms with Gasteiger partial charge in [0.1, 0.15) is 34.2 Å². The van der Waals surface area contributed by atoms with E-state index in [1.165, 1.54) is 12.1 Å². The molecule has 0 unspecified atom stereocenters. The second-order valence-corrected chi connectivity index (χ2v) is 15.4. The number of pyridine rings is 2. The zero-order valence-electron chi connectivity index (χ0n) is 34.8. The van der Waals surface area contributed by atoms with E-state index in [0.717, 1.165) is 63.0 Å². The molecule has 2 spiro atoms. The summed E-state index contributed by atoms with van der Waals surface area (Å²) in [5.41, 5.74) is 2.69. The normalized spacial score (nSPS) is 23.0. The third kappa shape index (κ3) is 9.26. The number of hydrogen-bond donors (Lipinski definition) is 2. The molecule has 0 bridgehead atoms. The molecule has 0 aliphatic carbocycles. The lowest BCUT2D eigenvalue weighted by molar-refractivity contribution is -0.132. The molecule has 8 rings (SSSR count). The Morgan fingerprint density at radius 1 is 0.650 bits per heavy atom. The Kier molecular flexibility index (Phi) is 14.9. The van der Waals surface area contributed by atoms with E-state index in [-0.39, 0.29) is 60.3 Å². The summed E-state index contributed by atoms with van der Waals surface area (Å²) >= 11 is 0. The molecule has 4 fully saturated rings. The Morgan fingerprint density at radius 3 is 1.38 bits per heavy atom. The van der Waals surface area contributed by atoms with E-state index in [0.29, 0.717) is 58.7 Å². The highest BCUT2D eigenvalue weighted by Crippen LogP contribution is 2.42. The third-order valence-corrected chi connectivity index (χ3v) is 11.8. The maximum absolute atomic E-state index is 14.6. The van der Waals surface area contributed by atoms with Crippen LogP contribution in [0, 0.1) is 11.6 Å². The highest BCUT2D eigenvalue weighted by Gasteiger charge is 2.51. The van der Waals surface area contributed by atoms with Crippen LogP contribution in [0.4, 0.5) is 8.78 Å². The summed E-state index contributed by atoms with van der Waals surface area (Å²) in [5.74, 6) is 1.65. The lowest BCUT2D eigenvalue weighted by atomic mass is 9.96. The molecule has 2 N–H and O–H groups in total. The van der Waals surface area contributed by atoms with Crippen LogP contribution in [0.2, 0.25) is 0 Å². The lowest BCUT2D eigenvalue weighted by Crippen LogP contribution is -2.47. The van der Waals surface area contributed by atoms with Gasteiger partial charge in [0, 0.05) is 50.4 Å². The van der Waals surface area contributed by atoms with Gasteiger partial charge in [0.25, 0.3) is 0 Å². The van der Waals surface area contributed by atoms with Crippen LogP contribution in [0.3, 0.4) is 0 Å². The molecule has 2 aromatic carbocycles. The fourth-order valence-corrected chi connectivity index (χ4v) is 8.67. The fraction of sp³-hybridized carbons (Fsp3) is 0.455. The quantitative estimate of drug-likeness (QED) is 0.166. The van der Waals surface area contributed by atoms with Crippen LogP contribution < -0.4 is 29.6 Å². The zero-order chi connectivity index (χ0) is 41.2. The van der Waals surface area contributed by atoms with Crippen LogP contribution >= 0.6 is 24.8 Å². The number of amides is 2. The number of likely N-dealkylation sites (tertiary alicyclic amines) is 2. The first kappa shape index (κ1) is 46.3. The molecule has 60 heavy (non-hydrogen) atoms. The number of halogens is 4. The number of aromatic nitrogens is 2. The fourth-order valence-electron chi connectivity index (χ4n) is 8.67. The minimum Gasteiger partial charge on any atom is -0.494 e. The summed E-state index contributed by atoms with van der Waals surface area (Å²) in [6.45, 7) is 6.30. The van der Waals surface area contributed by atoms with Gasteiger partial charge in [0.05, 0.1) is 50.9 Å². The Hall–Kier alpha value is -4.76. The van der Waals surface area contributed by atoms with Crippen molar-refractivity contribution in [2.75, 3.05) is 54.6 Å². The van der Waals surface area contributed by atoms with Gasteiger partial charge in [-0.3, -0.25) is 20.2 Å². The molecule has 4 aliphatic heterocycles. The van der Waals surface area contributed by atoms with Crippen LogP contribution in [-0.2, 0) is 9.59 Å². The number of methoxy groups -OCH3 is 2. The summed E-state index contributed by atoms with van der Waals surface area (Å²) in [7, 11) is 6.76. The summed E-state index contributed by atoms with van der Waals surface area (Å²) in [4.78, 5) is 37.9. The Bertz CT molecular complexity index is 2030. The predicted octanol–water partition coefficient (Wildman–Crippen LogP) is 7.48. The average molecular weight is 872 g/mol. The summed E-state index contributed by atoms with van der Waals surface area (Å²) in [6, 6.07) is 16.4. The van der Waals surface area contributed by atoms with Gasteiger partial charge in [-0.05, 0) is 112 Å². The van der Waals surface area contributed by atoms with Crippen molar-refractivity contribution in [2.45, 2.75) is 75.5 Å². The zero-order valence-corrected chi connectivity index (χ0v) is 36.4. The van der Waals surface area contributed by atoms with E-state index in [9.17, 15) is 18.4 Å². The minimum absolute atomic E-state index is 0. The first-order chi connectivity index (χ1) is 27.9. The van der Waals surface area contributed by atoms with Gasteiger partial charge in [-0.1, -0.05) is 0 Å². The van der Waals surface area contributed by atoms with E-state index < -0.39 is 11.1 Å². The lowest BCUT2D eigenvalue weighted by Gasteiger charge is -2.23. The number of ether oxygens (including phenoxy) is 4. The second kappa shape index (κ2) is 19.3. The predicted molar refractivity (Wildman–Crippen MR) is 229 cm³/mol. The van der Waals surface area contributed by atoms with E-state index in [1.807, 2.05) is 40.1 Å². The molecule has 4 aliphatic rings. The van der Waals surface area contributed by atoms with Gasteiger partial charge in [-0.2, -0.15) is 0 Å². The Balaban J connectivity index is 0.000000220. The van der Waals surface area contributed by atoms with Crippen molar-refractivity contribution in [1.82, 2.24) is 30.4 Å². The number of carbonyl (C=O) groups is 2. The van der Waals surface area contributed by atoms with Crippen molar-refractivity contribution in [1.29, 1.82) is 0 Å². The van der Waals surface area contributed by atoms with Gasteiger partial charge >= 0.3 is 0 Å². The molecule has 6 heterocycles. The smallest absolute Gasteiger partial charge is 0.242 e. The molecular weight excluding hydrogens is 817 g/mol. The van der Waals surface area contributed by atoms with Crippen LogP contribution in [0.25, 0.3) is 22.3 Å². The molecule has 16 heteroatoms. The van der Waals surface area contributed by atoms with Crippen molar-refractivity contribution in [3.63, 3.8) is 0 Å². The van der Waals surface area contributed by atoms with Gasteiger partial charge < -0.3 is 28.7 Å². The number of carbonyl (C=O) groups excluding carboxylic acids is 2. The second-order valence-electron chi connectivity index (χ2n) is 15.4. The topological polar surface area (TPSA) is 127 Å². The monoisotopic (exact) mass is 870 g/mol. The largest absolute Gasteiger partial charge is 0.494 e. The number of hydrogen-bond acceptors (Lipinski definition) is 10. The van der Waals surface area contributed by atoms with Crippen LogP contribution in [0.5, 0.6) is 23.3 Å². The molecule has 2 amide bonds. The number of benzene rings is 2. The molecule has 324 valence electrons. The molecule has 2 aromatic heterocycles. The summed E-state index contributed by atoms with van der Waals surface area (Å²) in [6.07, 6.45) is 4.70. The Morgan fingerprint density at radius 2 is 1.05 bits per heavy atom. The number of nitrogens with one attached hydrogen (secondary N) is 2. The number of rotatable bonds is 10.